The SMILES string of the molecule is CC(C)C(NC(=O)C(N)C(C)O)C(=O)NC(Cc1cnc[nH]1)C(=O)NC(Cc1ccccc1)C(=O)O. The average Bonchev–Trinajstić information content (AvgIpc) is 3.34. The third-order valence-electron chi connectivity index (χ3n) is 5.58. The normalized spacial score (nSPS) is 15.3. The predicted octanol–water partition coefficient (Wildman–Crippen LogP) is -0.902. The second-order valence-electron chi connectivity index (χ2n) is 8.93. The molecule has 1 aromatic carbocycles. The molecule has 12 heteroatoms. The van der Waals surface area contributed by atoms with E-state index in [1.54, 1.807) is 44.2 Å². The Morgan fingerprint density at radius 2 is 1.58 bits per heavy atom. The zero-order valence-electron chi connectivity index (χ0n) is 20.5. The van der Waals surface area contributed by atoms with Gasteiger partial charge in [-0.15, -0.1) is 0 Å². The largest absolute Gasteiger partial charge is 0.480 e. The molecule has 0 aliphatic carbocycles. The summed E-state index contributed by atoms with van der Waals surface area (Å²) in [5.74, 6) is -3.70. The van der Waals surface area contributed by atoms with Gasteiger partial charge in [-0.3, -0.25) is 14.4 Å². The lowest BCUT2D eigenvalue weighted by molar-refractivity contribution is -0.142. The first kappa shape index (κ1) is 28.5. The van der Waals surface area contributed by atoms with E-state index >= 15 is 0 Å². The number of hydrogen-bond acceptors (Lipinski definition) is 7. The summed E-state index contributed by atoms with van der Waals surface area (Å²) in [6.45, 7) is 4.75. The number of aliphatic carboxylic acids is 1. The lowest BCUT2D eigenvalue weighted by Crippen LogP contribution is -2.59. The van der Waals surface area contributed by atoms with E-state index in [0.29, 0.717) is 5.69 Å². The van der Waals surface area contributed by atoms with E-state index in [9.17, 15) is 29.4 Å². The molecule has 196 valence electrons. The molecule has 8 N–H and O–H groups in total. The van der Waals surface area contributed by atoms with Crippen LogP contribution in [0.1, 0.15) is 32.0 Å². The van der Waals surface area contributed by atoms with E-state index < -0.39 is 54.0 Å². The standard InChI is InChI=1S/C24H34N6O6/c1-13(2)20(30-22(33)19(25)14(3)31)23(34)28-17(10-16-11-26-12-27-16)21(32)29-18(24(35)36)9-15-7-5-4-6-8-15/h4-8,11-14,17-20,31H,9-10,25H2,1-3H3,(H,26,27)(H,28,34)(H,29,32)(H,30,33)(H,35,36). The first-order valence-electron chi connectivity index (χ1n) is 11.6. The molecule has 0 spiro atoms. The van der Waals surface area contributed by atoms with Gasteiger partial charge in [0.2, 0.25) is 17.7 Å². The number of nitrogens with zero attached hydrogens (tertiary/aromatic N) is 1. The second kappa shape index (κ2) is 13.4. The van der Waals surface area contributed by atoms with Crippen LogP contribution in [-0.4, -0.2) is 74.1 Å². The second-order valence-corrected chi connectivity index (χ2v) is 8.93. The number of amides is 3. The smallest absolute Gasteiger partial charge is 0.326 e. The number of rotatable bonds is 13. The molecule has 1 aromatic heterocycles. The summed E-state index contributed by atoms with van der Waals surface area (Å²) >= 11 is 0. The molecular formula is C24H34N6O6. The quantitative estimate of drug-likeness (QED) is 0.183. The number of nitrogens with one attached hydrogen (secondary N) is 4. The molecule has 0 aliphatic heterocycles. The van der Waals surface area contributed by atoms with E-state index in [-0.39, 0.29) is 18.8 Å². The molecule has 2 aromatic rings. The van der Waals surface area contributed by atoms with Crippen LogP contribution in [0.5, 0.6) is 0 Å². The Kier molecular flexibility index (Phi) is 10.6. The topological polar surface area (TPSA) is 200 Å². The molecule has 12 nitrogen and oxygen atoms in total. The molecule has 0 radical (unpaired) electrons. The highest BCUT2D eigenvalue weighted by Gasteiger charge is 2.32. The molecule has 0 aliphatic rings. The Morgan fingerprint density at radius 1 is 0.944 bits per heavy atom. The number of aromatic amines is 1. The number of aliphatic hydroxyl groups excluding tert-OH is 1. The van der Waals surface area contributed by atoms with Crippen molar-refractivity contribution in [1.82, 2.24) is 25.9 Å². The minimum Gasteiger partial charge on any atom is -0.480 e. The maximum absolute atomic E-state index is 13.2. The zero-order valence-corrected chi connectivity index (χ0v) is 20.5. The Labute approximate surface area is 209 Å². The molecule has 5 unspecified atom stereocenters. The number of benzene rings is 1. The highest BCUT2D eigenvalue weighted by atomic mass is 16.4. The van der Waals surface area contributed by atoms with Gasteiger partial charge in [-0.05, 0) is 18.4 Å². The van der Waals surface area contributed by atoms with Gasteiger partial charge in [-0.1, -0.05) is 44.2 Å². The van der Waals surface area contributed by atoms with Gasteiger partial charge in [0.15, 0.2) is 0 Å². The summed E-state index contributed by atoms with van der Waals surface area (Å²) in [5, 5.41) is 26.9. The number of nitrogens with two attached hydrogens (primary N) is 1. The molecular weight excluding hydrogens is 468 g/mol. The number of carboxylic acids is 1. The number of imidazole rings is 1. The molecule has 5 atom stereocenters. The van der Waals surface area contributed by atoms with Crippen LogP contribution in [0.2, 0.25) is 0 Å². The van der Waals surface area contributed by atoms with Gasteiger partial charge in [-0.2, -0.15) is 0 Å². The van der Waals surface area contributed by atoms with Crippen molar-refractivity contribution in [3.05, 3.63) is 54.1 Å². The first-order chi connectivity index (χ1) is 17.0. The van der Waals surface area contributed by atoms with Crippen LogP contribution in [0, 0.1) is 5.92 Å². The van der Waals surface area contributed by atoms with Crippen molar-refractivity contribution in [2.75, 3.05) is 0 Å². The molecule has 0 fully saturated rings. The van der Waals surface area contributed by atoms with Crippen molar-refractivity contribution in [1.29, 1.82) is 0 Å². The van der Waals surface area contributed by atoms with Crippen LogP contribution in [0.3, 0.4) is 0 Å². The zero-order chi connectivity index (χ0) is 26.8. The molecule has 2 rings (SSSR count). The van der Waals surface area contributed by atoms with Crippen LogP contribution >= 0.6 is 0 Å². The average molecular weight is 503 g/mol. The molecule has 1 heterocycles. The Hall–Kier alpha value is -3.77. The van der Waals surface area contributed by atoms with Crippen molar-refractivity contribution in [3.63, 3.8) is 0 Å². The first-order valence-corrected chi connectivity index (χ1v) is 11.6. The van der Waals surface area contributed by atoms with Gasteiger partial charge in [0, 0.05) is 24.7 Å². The van der Waals surface area contributed by atoms with E-state index in [0.717, 1.165) is 5.56 Å². The van der Waals surface area contributed by atoms with Crippen molar-refractivity contribution in [3.8, 4) is 0 Å². The minimum atomic E-state index is -1.24. The van der Waals surface area contributed by atoms with Gasteiger partial charge in [0.1, 0.15) is 24.2 Å². The number of H-pyrrole nitrogens is 1. The summed E-state index contributed by atoms with van der Waals surface area (Å²) in [4.78, 5) is 57.2. The lowest BCUT2D eigenvalue weighted by Gasteiger charge is -2.27. The Bertz CT molecular complexity index is 1010. The number of carbonyl (C=O) groups excluding carboxylic acids is 3. The minimum absolute atomic E-state index is 0.00119. The summed E-state index contributed by atoms with van der Waals surface area (Å²) in [6.07, 6.45) is 1.82. The maximum Gasteiger partial charge on any atom is 0.326 e. The van der Waals surface area contributed by atoms with Gasteiger partial charge >= 0.3 is 5.97 Å². The van der Waals surface area contributed by atoms with Crippen LogP contribution in [0.25, 0.3) is 0 Å². The van der Waals surface area contributed by atoms with Crippen molar-refractivity contribution < 1.29 is 29.4 Å². The monoisotopic (exact) mass is 502 g/mol. The number of aliphatic hydroxyl groups is 1. The van der Waals surface area contributed by atoms with E-state index in [4.69, 9.17) is 5.73 Å². The van der Waals surface area contributed by atoms with Crippen LogP contribution in [-0.2, 0) is 32.0 Å². The lowest BCUT2D eigenvalue weighted by atomic mass is 10.0. The fraction of sp³-hybridized carbons (Fsp3) is 0.458. The fourth-order valence-corrected chi connectivity index (χ4v) is 3.41. The molecule has 3 amide bonds. The summed E-state index contributed by atoms with van der Waals surface area (Å²) in [6, 6.07) is 4.13. The molecule has 0 saturated carbocycles. The van der Waals surface area contributed by atoms with Crippen molar-refractivity contribution in [2.45, 2.75) is 63.9 Å². The van der Waals surface area contributed by atoms with Crippen LogP contribution < -0.4 is 21.7 Å². The highest BCUT2D eigenvalue weighted by Crippen LogP contribution is 2.08. The highest BCUT2D eigenvalue weighted by molar-refractivity contribution is 5.94. The molecule has 0 bridgehead atoms. The summed E-state index contributed by atoms with van der Waals surface area (Å²) in [7, 11) is 0. The summed E-state index contributed by atoms with van der Waals surface area (Å²) < 4.78 is 0. The maximum atomic E-state index is 13.2. The van der Waals surface area contributed by atoms with Crippen molar-refractivity contribution in [2.24, 2.45) is 11.7 Å². The molecule has 36 heavy (non-hydrogen) atoms. The van der Waals surface area contributed by atoms with Gasteiger partial charge in [-0.25, -0.2) is 9.78 Å². The Balaban J connectivity index is 2.20. The summed E-state index contributed by atoms with van der Waals surface area (Å²) in [5.41, 5.74) is 6.92. The molecule has 0 saturated heterocycles. The van der Waals surface area contributed by atoms with Crippen molar-refractivity contribution >= 4 is 23.7 Å². The van der Waals surface area contributed by atoms with E-state index in [2.05, 4.69) is 25.9 Å². The Morgan fingerprint density at radius 3 is 2.11 bits per heavy atom. The third kappa shape index (κ3) is 8.47. The van der Waals surface area contributed by atoms with E-state index in [1.165, 1.54) is 19.4 Å². The van der Waals surface area contributed by atoms with Gasteiger partial charge in [0.25, 0.3) is 0 Å². The van der Waals surface area contributed by atoms with E-state index in [1.807, 2.05) is 0 Å². The number of carbonyl (C=O) groups is 4. The fourth-order valence-electron chi connectivity index (χ4n) is 3.41. The third-order valence-corrected chi connectivity index (χ3v) is 5.58. The number of carboxylic acid groups (broad SMARTS) is 1. The van der Waals surface area contributed by atoms with Crippen LogP contribution in [0.15, 0.2) is 42.9 Å². The van der Waals surface area contributed by atoms with Crippen LogP contribution in [0.4, 0.5) is 0 Å². The predicted molar refractivity (Wildman–Crippen MR) is 130 cm³/mol. The number of aromatic nitrogens is 2. The number of hydrogen-bond donors (Lipinski definition) is 7. The van der Waals surface area contributed by atoms with Gasteiger partial charge in [0.05, 0.1) is 12.4 Å². The van der Waals surface area contributed by atoms with Gasteiger partial charge < -0.3 is 36.9 Å².